The number of hydrogen-bond donors (Lipinski definition) is 0. The minimum atomic E-state index is -0.281. The summed E-state index contributed by atoms with van der Waals surface area (Å²) in [6, 6.07) is 10.1. The van der Waals surface area contributed by atoms with Crippen LogP contribution in [0, 0.1) is 29.0 Å². The van der Waals surface area contributed by atoms with E-state index in [0.29, 0.717) is 22.7 Å². The van der Waals surface area contributed by atoms with Crippen LogP contribution in [0.25, 0.3) is 0 Å². The fourth-order valence-corrected chi connectivity index (χ4v) is 2.89. The third-order valence-electron chi connectivity index (χ3n) is 4.25. The topological polar surface area (TPSA) is 49.1 Å². The lowest BCUT2D eigenvalue weighted by Crippen LogP contribution is -2.32. The van der Waals surface area contributed by atoms with E-state index in [1.165, 1.54) is 17.7 Å². The summed E-state index contributed by atoms with van der Waals surface area (Å²) >= 11 is 0. The van der Waals surface area contributed by atoms with E-state index in [-0.39, 0.29) is 5.82 Å². The quantitative estimate of drug-likeness (QED) is 0.778. The first-order chi connectivity index (χ1) is 12.7. The number of anilines is 1. The smallest absolute Gasteiger partial charge is 0.150 e. The Bertz CT molecular complexity index is 924. The van der Waals surface area contributed by atoms with Gasteiger partial charge in [-0.1, -0.05) is 23.5 Å². The Kier molecular flexibility index (Phi) is 5.51. The molecule has 0 N–H and O–H groups in total. The van der Waals surface area contributed by atoms with Crippen LogP contribution in [0.3, 0.4) is 0 Å². The van der Waals surface area contributed by atoms with Gasteiger partial charge in [0.15, 0.2) is 0 Å². The standard InChI is InChI=1S/C21H18FN3O/c1-26-20-8-11-24-21(19(20)15-23)25-12-9-16(10-13-25)4-2-5-17-6-3-7-18(22)14-17/h3-4,6-8,11,14H,9-10,12-13H2,1H3. The van der Waals surface area contributed by atoms with E-state index in [0.717, 1.165) is 25.9 Å². The fourth-order valence-electron chi connectivity index (χ4n) is 2.89. The summed E-state index contributed by atoms with van der Waals surface area (Å²) in [5.41, 5.74) is 2.37. The van der Waals surface area contributed by atoms with Crippen molar-refractivity contribution in [2.75, 3.05) is 25.1 Å². The number of methoxy groups -OCH3 is 1. The third-order valence-corrected chi connectivity index (χ3v) is 4.25. The van der Waals surface area contributed by atoms with Crippen LogP contribution in [-0.2, 0) is 0 Å². The minimum absolute atomic E-state index is 0.281. The Labute approximate surface area is 152 Å². The van der Waals surface area contributed by atoms with Gasteiger partial charge in [0, 0.05) is 24.8 Å². The molecular weight excluding hydrogens is 329 g/mol. The lowest BCUT2D eigenvalue weighted by Gasteiger charge is -2.30. The molecule has 0 radical (unpaired) electrons. The van der Waals surface area contributed by atoms with Gasteiger partial charge in [-0.2, -0.15) is 5.26 Å². The van der Waals surface area contributed by atoms with E-state index in [9.17, 15) is 9.65 Å². The first-order valence-corrected chi connectivity index (χ1v) is 8.34. The van der Waals surface area contributed by atoms with Crippen molar-refractivity contribution < 1.29 is 9.13 Å². The normalized spacial score (nSPS) is 13.4. The van der Waals surface area contributed by atoms with Crippen LogP contribution in [0.5, 0.6) is 5.75 Å². The monoisotopic (exact) mass is 347 g/mol. The molecule has 1 aliphatic rings. The number of pyridine rings is 1. The lowest BCUT2D eigenvalue weighted by atomic mass is 10.0. The van der Waals surface area contributed by atoms with Crippen LogP contribution in [0.2, 0.25) is 0 Å². The maximum atomic E-state index is 13.1. The first-order valence-electron chi connectivity index (χ1n) is 8.34. The molecule has 1 fully saturated rings. The highest BCUT2D eigenvalue weighted by Crippen LogP contribution is 2.29. The molecule has 5 heteroatoms. The molecule has 2 aromatic rings. The van der Waals surface area contributed by atoms with Crippen LogP contribution >= 0.6 is 0 Å². The maximum Gasteiger partial charge on any atom is 0.150 e. The van der Waals surface area contributed by atoms with E-state index in [1.54, 1.807) is 31.5 Å². The second kappa shape index (κ2) is 8.18. The number of ether oxygens (including phenoxy) is 1. The highest BCUT2D eigenvalue weighted by Gasteiger charge is 2.20. The second-order valence-electron chi connectivity index (χ2n) is 5.89. The summed E-state index contributed by atoms with van der Waals surface area (Å²) in [4.78, 5) is 6.45. The summed E-state index contributed by atoms with van der Waals surface area (Å²) in [6.07, 6.45) is 5.26. The number of nitrogens with zero attached hydrogens (tertiary/aromatic N) is 3. The van der Waals surface area contributed by atoms with E-state index < -0.39 is 0 Å². The van der Waals surface area contributed by atoms with Crippen LogP contribution in [0.1, 0.15) is 24.0 Å². The highest BCUT2D eigenvalue weighted by atomic mass is 19.1. The Morgan fingerprint density at radius 3 is 2.77 bits per heavy atom. The van der Waals surface area contributed by atoms with E-state index in [2.05, 4.69) is 27.8 Å². The van der Waals surface area contributed by atoms with Crippen LogP contribution in [-0.4, -0.2) is 25.2 Å². The molecule has 1 aliphatic heterocycles. The van der Waals surface area contributed by atoms with Gasteiger partial charge in [-0.05, 0) is 43.2 Å². The van der Waals surface area contributed by atoms with Crippen molar-refractivity contribution in [2.45, 2.75) is 12.8 Å². The van der Waals surface area contributed by atoms with Gasteiger partial charge in [-0.25, -0.2) is 9.37 Å². The summed E-state index contributed by atoms with van der Waals surface area (Å²) in [6.45, 7) is 1.53. The van der Waals surface area contributed by atoms with Crippen LogP contribution in [0.15, 0.2) is 48.2 Å². The molecular formula is C21H18FN3O. The third kappa shape index (κ3) is 4.02. The fraction of sp³-hybridized carbons (Fsp3) is 0.238. The number of nitriles is 1. The maximum absolute atomic E-state index is 13.1. The molecule has 1 saturated heterocycles. The van der Waals surface area contributed by atoms with Gasteiger partial charge in [0.25, 0.3) is 0 Å². The van der Waals surface area contributed by atoms with Gasteiger partial charge in [0.1, 0.15) is 29.0 Å². The number of aromatic nitrogens is 1. The largest absolute Gasteiger partial charge is 0.495 e. The molecule has 0 amide bonds. The minimum Gasteiger partial charge on any atom is -0.495 e. The molecule has 26 heavy (non-hydrogen) atoms. The van der Waals surface area contributed by atoms with Crippen molar-refractivity contribution in [1.29, 1.82) is 5.26 Å². The highest BCUT2D eigenvalue weighted by molar-refractivity contribution is 5.60. The first kappa shape index (κ1) is 17.5. The van der Waals surface area contributed by atoms with Crippen molar-refractivity contribution in [3.63, 3.8) is 0 Å². The molecule has 130 valence electrons. The zero-order chi connectivity index (χ0) is 18.4. The van der Waals surface area contributed by atoms with Crippen molar-refractivity contribution in [2.24, 2.45) is 0 Å². The average molecular weight is 347 g/mol. The van der Waals surface area contributed by atoms with Crippen LogP contribution < -0.4 is 9.64 Å². The Morgan fingerprint density at radius 1 is 1.27 bits per heavy atom. The van der Waals surface area contributed by atoms with Gasteiger partial charge in [0.2, 0.25) is 0 Å². The van der Waals surface area contributed by atoms with E-state index in [4.69, 9.17) is 4.74 Å². The molecule has 4 nitrogen and oxygen atoms in total. The number of piperidine rings is 1. The molecule has 0 aliphatic carbocycles. The Balaban J connectivity index is 1.68. The molecule has 0 atom stereocenters. The summed E-state index contributed by atoms with van der Waals surface area (Å²) in [7, 11) is 1.55. The molecule has 3 rings (SSSR count). The predicted molar refractivity (Wildman–Crippen MR) is 98.3 cm³/mol. The molecule has 0 saturated carbocycles. The summed E-state index contributed by atoms with van der Waals surface area (Å²) in [5, 5.41) is 9.40. The van der Waals surface area contributed by atoms with E-state index >= 15 is 0 Å². The van der Waals surface area contributed by atoms with Gasteiger partial charge in [0.05, 0.1) is 7.11 Å². The lowest BCUT2D eigenvalue weighted by molar-refractivity contribution is 0.412. The molecule has 1 aromatic carbocycles. The van der Waals surface area contributed by atoms with Crippen molar-refractivity contribution in [3.05, 3.63) is 65.1 Å². The zero-order valence-electron chi connectivity index (χ0n) is 14.5. The molecule has 0 bridgehead atoms. The molecule has 1 aromatic heterocycles. The summed E-state index contributed by atoms with van der Waals surface area (Å²) < 4.78 is 18.4. The number of halogens is 1. The van der Waals surface area contributed by atoms with Crippen molar-refractivity contribution >= 4 is 5.82 Å². The molecule has 2 heterocycles. The Hall–Kier alpha value is -3.31. The van der Waals surface area contributed by atoms with Crippen molar-refractivity contribution in [1.82, 2.24) is 4.98 Å². The average Bonchev–Trinajstić information content (AvgIpc) is 2.68. The second-order valence-corrected chi connectivity index (χ2v) is 5.89. The zero-order valence-corrected chi connectivity index (χ0v) is 14.5. The van der Waals surface area contributed by atoms with Gasteiger partial charge in [-0.3, -0.25) is 0 Å². The number of benzene rings is 1. The number of hydrogen-bond acceptors (Lipinski definition) is 4. The number of rotatable bonds is 2. The molecule has 0 spiro atoms. The van der Waals surface area contributed by atoms with Crippen LogP contribution in [0.4, 0.5) is 10.2 Å². The van der Waals surface area contributed by atoms with Gasteiger partial charge < -0.3 is 9.64 Å². The number of allylic oxidation sites excluding steroid dienone is 1. The van der Waals surface area contributed by atoms with E-state index in [1.807, 2.05) is 6.08 Å². The Morgan fingerprint density at radius 2 is 2.08 bits per heavy atom. The molecule has 0 unspecified atom stereocenters. The van der Waals surface area contributed by atoms with Gasteiger partial charge >= 0.3 is 0 Å². The van der Waals surface area contributed by atoms with Gasteiger partial charge in [-0.15, -0.1) is 0 Å². The predicted octanol–water partition coefficient (Wildman–Crippen LogP) is 3.68. The summed E-state index contributed by atoms with van der Waals surface area (Å²) in [5.74, 6) is 6.89. The van der Waals surface area contributed by atoms with Crippen molar-refractivity contribution in [3.8, 4) is 23.7 Å². The SMILES string of the molecule is COc1ccnc(N2CCC(=CC#Cc3cccc(F)c3)CC2)c1C#N.